The summed E-state index contributed by atoms with van der Waals surface area (Å²) in [6.07, 6.45) is 6.52. The number of nitrogens with two attached hydrogens (primary N) is 1. The zero-order chi connectivity index (χ0) is 12.0. The Balaban J connectivity index is 2.52. The lowest BCUT2D eigenvalue weighted by Gasteiger charge is -2.40. The van der Waals surface area contributed by atoms with Gasteiger partial charge in [0.25, 0.3) is 0 Å². The number of likely N-dealkylation sites (N-methyl/N-ethyl adjacent to an activating group) is 1. The predicted molar refractivity (Wildman–Crippen MR) is 68.3 cm³/mol. The average molecular weight is 228 g/mol. The van der Waals surface area contributed by atoms with Crippen LogP contribution in [-0.2, 0) is 0 Å². The highest BCUT2D eigenvalue weighted by Crippen LogP contribution is 2.33. The van der Waals surface area contributed by atoms with E-state index in [1.165, 1.54) is 32.1 Å². The molecule has 3 heteroatoms. The first-order valence-electron chi connectivity index (χ1n) is 6.74. The molecule has 1 saturated carbocycles. The molecule has 3 N–H and O–H groups in total. The normalized spacial score (nSPS) is 30.9. The zero-order valence-electron chi connectivity index (χ0n) is 10.9. The van der Waals surface area contributed by atoms with Crippen molar-refractivity contribution in [2.75, 3.05) is 26.7 Å². The van der Waals surface area contributed by atoms with E-state index in [4.69, 9.17) is 10.8 Å². The highest BCUT2D eigenvalue weighted by atomic mass is 16.3. The van der Waals surface area contributed by atoms with Crippen molar-refractivity contribution in [3.05, 3.63) is 0 Å². The third kappa shape index (κ3) is 3.72. The standard InChI is InChI=1S/C13H28N2O/c1-3-4-11-5-6-12(10-14)13(9-11)15(2)7-8-16/h11-13,16H,3-10,14H2,1-2H3. The Hall–Kier alpha value is -0.120. The number of hydrogen-bond acceptors (Lipinski definition) is 3. The topological polar surface area (TPSA) is 49.5 Å². The van der Waals surface area contributed by atoms with Crippen LogP contribution >= 0.6 is 0 Å². The van der Waals surface area contributed by atoms with E-state index < -0.39 is 0 Å². The number of aliphatic hydroxyl groups excluding tert-OH is 1. The number of hydrogen-bond donors (Lipinski definition) is 2. The smallest absolute Gasteiger partial charge is 0.0558 e. The first-order chi connectivity index (χ1) is 7.72. The van der Waals surface area contributed by atoms with Gasteiger partial charge < -0.3 is 15.7 Å². The maximum atomic E-state index is 9.02. The van der Waals surface area contributed by atoms with Crippen LogP contribution in [0, 0.1) is 11.8 Å². The second-order valence-corrected chi connectivity index (χ2v) is 5.24. The minimum atomic E-state index is 0.253. The largest absolute Gasteiger partial charge is 0.395 e. The molecule has 1 rings (SSSR count). The summed E-state index contributed by atoms with van der Waals surface area (Å²) in [6, 6.07) is 0.586. The van der Waals surface area contributed by atoms with Crippen molar-refractivity contribution in [1.29, 1.82) is 0 Å². The molecule has 0 radical (unpaired) electrons. The van der Waals surface area contributed by atoms with E-state index in [-0.39, 0.29) is 6.61 Å². The van der Waals surface area contributed by atoms with Crippen molar-refractivity contribution < 1.29 is 5.11 Å². The maximum absolute atomic E-state index is 9.02. The molecule has 1 aliphatic rings. The fraction of sp³-hybridized carbons (Fsp3) is 1.00. The summed E-state index contributed by atoms with van der Waals surface area (Å²) >= 11 is 0. The van der Waals surface area contributed by atoms with Gasteiger partial charge in [-0.05, 0) is 38.3 Å². The monoisotopic (exact) mass is 228 g/mol. The molecule has 1 fully saturated rings. The van der Waals surface area contributed by atoms with Gasteiger partial charge >= 0.3 is 0 Å². The molecule has 3 nitrogen and oxygen atoms in total. The molecule has 3 atom stereocenters. The lowest BCUT2D eigenvalue weighted by atomic mass is 9.76. The second-order valence-electron chi connectivity index (χ2n) is 5.24. The quantitative estimate of drug-likeness (QED) is 0.723. The Labute approximate surface area is 100 Å². The number of aliphatic hydroxyl groups is 1. The number of rotatable bonds is 6. The Morgan fingerprint density at radius 3 is 2.69 bits per heavy atom. The molecule has 0 amide bonds. The van der Waals surface area contributed by atoms with Gasteiger partial charge in [0.1, 0.15) is 0 Å². The molecule has 3 unspecified atom stereocenters. The number of nitrogens with zero attached hydrogens (tertiary/aromatic N) is 1. The molecule has 96 valence electrons. The third-order valence-electron chi connectivity index (χ3n) is 4.08. The third-order valence-corrected chi connectivity index (χ3v) is 4.08. The first kappa shape index (κ1) is 13.9. The summed E-state index contributed by atoms with van der Waals surface area (Å²) in [7, 11) is 2.12. The van der Waals surface area contributed by atoms with Crippen LogP contribution in [0.2, 0.25) is 0 Å². The van der Waals surface area contributed by atoms with E-state index in [0.29, 0.717) is 12.0 Å². The maximum Gasteiger partial charge on any atom is 0.0558 e. The van der Waals surface area contributed by atoms with Crippen LogP contribution in [0.4, 0.5) is 0 Å². The van der Waals surface area contributed by atoms with Gasteiger partial charge in [-0.3, -0.25) is 0 Å². The fourth-order valence-corrected chi connectivity index (χ4v) is 3.10. The summed E-state index contributed by atoms with van der Waals surface area (Å²) < 4.78 is 0. The fourth-order valence-electron chi connectivity index (χ4n) is 3.10. The minimum Gasteiger partial charge on any atom is -0.395 e. The molecule has 0 aromatic rings. The summed E-state index contributed by atoms with van der Waals surface area (Å²) in [5.74, 6) is 1.50. The van der Waals surface area contributed by atoms with Gasteiger partial charge in [-0.1, -0.05) is 26.2 Å². The van der Waals surface area contributed by atoms with Crippen molar-refractivity contribution in [3.63, 3.8) is 0 Å². The minimum absolute atomic E-state index is 0.253. The van der Waals surface area contributed by atoms with E-state index >= 15 is 0 Å². The molecule has 0 spiro atoms. The van der Waals surface area contributed by atoms with Gasteiger partial charge in [0.05, 0.1) is 6.61 Å². The van der Waals surface area contributed by atoms with Crippen molar-refractivity contribution in [3.8, 4) is 0 Å². The highest BCUT2D eigenvalue weighted by molar-refractivity contribution is 4.86. The van der Waals surface area contributed by atoms with Gasteiger partial charge in [-0.15, -0.1) is 0 Å². The Morgan fingerprint density at radius 2 is 2.12 bits per heavy atom. The van der Waals surface area contributed by atoms with E-state index in [0.717, 1.165) is 19.0 Å². The Morgan fingerprint density at radius 1 is 1.38 bits per heavy atom. The first-order valence-corrected chi connectivity index (χ1v) is 6.74. The summed E-state index contributed by atoms with van der Waals surface area (Å²) in [5.41, 5.74) is 5.86. The summed E-state index contributed by atoms with van der Waals surface area (Å²) in [4.78, 5) is 2.30. The van der Waals surface area contributed by atoms with Crippen LogP contribution < -0.4 is 5.73 Å². The predicted octanol–water partition coefficient (Wildman–Crippen LogP) is 1.45. The van der Waals surface area contributed by atoms with Gasteiger partial charge in [0, 0.05) is 12.6 Å². The molecular formula is C13H28N2O. The lowest BCUT2D eigenvalue weighted by Crippen LogP contribution is -2.46. The zero-order valence-corrected chi connectivity index (χ0v) is 10.9. The van der Waals surface area contributed by atoms with Crippen molar-refractivity contribution >= 4 is 0 Å². The average Bonchev–Trinajstić information content (AvgIpc) is 2.30. The van der Waals surface area contributed by atoms with Crippen molar-refractivity contribution in [1.82, 2.24) is 4.90 Å². The Bertz CT molecular complexity index is 187. The van der Waals surface area contributed by atoms with Crippen LogP contribution in [0.25, 0.3) is 0 Å². The molecule has 0 saturated heterocycles. The van der Waals surface area contributed by atoms with Gasteiger partial charge in [-0.2, -0.15) is 0 Å². The molecule has 16 heavy (non-hydrogen) atoms. The van der Waals surface area contributed by atoms with E-state index in [1.807, 2.05) is 0 Å². The molecule has 0 aromatic carbocycles. The summed E-state index contributed by atoms with van der Waals surface area (Å²) in [6.45, 7) is 4.09. The van der Waals surface area contributed by atoms with E-state index in [9.17, 15) is 0 Å². The lowest BCUT2D eigenvalue weighted by molar-refractivity contribution is 0.0845. The SMILES string of the molecule is CCCC1CCC(CN)C(N(C)CCO)C1. The molecule has 0 heterocycles. The van der Waals surface area contributed by atoms with Crippen LogP contribution in [-0.4, -0.2) is 42.8 Å². The molecule has 1 aliphatic carbocycles. The van der Waals surface area contributed by atoms with Gasteiger partial charge in [0.15, 0.2) is 0 Å². The highest BCUT2D eigenvalue weighted by Gasteiger charge is 2.31. The summed E-state index contributed by atoms with van der Waals surface area (Å²) in [5, 5.41) is 9.02. The van der Waals surface area contributed by atoms with Crippen molar-refractivity contribution in [2.45, 2.75) is 45.1 Å². The molecular weight excluding hydrogens is 200 g/mol. The van der Waals surface area contributed by atoms with Crippen LogP contribution in [0.5, 0.6) is 0 Å². The Kier molecular flexibility index (Phi) is 6.32. The second kappa shape index (κ2) is 7.25. The van der Waals surface area contributed by atoms with E-state index in [2.05, 4.69) is 18.9 Å². The molecule has 0 bridgehead atoms. The van der Waals surface area contributed by atoms with Crippen molar-refractivity contribution in [2.24, 2.45) is 17.6 Å². The van der Waals surface area contributed by atoms with Crippen LogP contribution in [0.15, 0.2) is 0 Å². The van der Waals surface area contributed by atoms with Gasteiger partial charge in [0.2, 0.25) is 0 Å². The van der Waals surface area contributed by atoms with Gasteiger partial charge in [-0.25, -0.2) is 0 Å². The van der Waals surface area contributed by atoms with Crippen LogP contribution in [0.3, 0.4) is 0 Å². The van der Waals surface area contributed by atoms with Crippen LogP contribution in [0.1, 0.15) is 39.0 Å². The van der Waals surface area contributed by atoms with E-state index in [1.54, 1.807) is 0 Å². The molecule has 0 aromatic heterocycles. The molecule has 0 aliphatic heterocycles.